The van der Waals surface area contributed by atoms with E-state index in [1.165, 1.54) is 7.05 Å². The van der Waals surface area contributed by atoms with Crippen molar-refractivity contribution in [2.45, 2.75) is 5.79 Å². The molecule has 1 amide bonds. The van der Waals surface area contributed by atoms with Crippen LogP contribution in [0.3, 0.4) is 0 Å². The van der Waals surface area contributed by atoms with Gasteiger partial charge in [0.15, 0.2) is 6.61 Å². The van der Waals surface area contributed by atoms with Crippen molar-refractivity contribution < 1.29 is 24.1 Å². The van der Waals surface area contributed by atoms with Crippen LogP contribution < -0.4 is 0 Å². The fourth-order valence-electron chi connectivity index (χ4n) is 1.80. The Labute approximate surface area is 111 Å². The van der Waals surface area contributed by atoms with Gasteiger partial charge in [-0.3, -0.25) is 4.90 Å². The van der Waals surface area contributed by atoms with Gasteiger partial charge in [0.1, 0.15) is 6.73 Å². The lowest BCUT2D eigenvalue weighted by Gasteiger charge is -2.28. The second kappa shape index (κ2) is 6.01. The number of ether oxygens (including phenoxy) is 3. The fourth-order valence-corrected chi connectivity index (χ4v) is 1.80. The molecule has 19 heavy (non-hydrogen) atoms. The standard InChI is InChI=1S/C13H17NO5/c1-14(10-15)12(16)17-9-13(18-7-8-19-13)11-5-3-2-4-6-11/h2-6,15H,7-10H2,1H3. The molecule has 1 heterocycles. The number of aliphatic hydroxyl groups is 1. The topological polar surface area (TPSA) is 68.2 Å². The summed E-state index contributed by atoms with van der Waals surface area (Å²) in [5, 5.41) is 8.84. The van der Waals surface area contributed by atoms with E-state index in [4.69, 9.17) is 19.3 Å². The third-order valence-electron chi connectivity index (χ3n) is 2.88. The smallest absolute Gasteiger partial charge is 0.411 e. The van der Waals surface area contributed by atoms with E-state index >= 15 is 0 Å². The summed E-state index contributed by atoms with van der Waals surface area (Å²) < 4.78 is 16.3. The molecule has 0 aromatic heterocycles. The van der Waals surface area contributed by atoms with Gasteiger partial charge in [-0.15, -0.1) is 0 Å². The zero-order chi connectivity index (χ0) is 13.7. The van der Waals surface area contributed by atoms with Gasteiger partial charge in [-0.1, -0.05) is 30.3 Å². The van der Waals surface area contributed by atoms with Crippen LogP contribution in [-0.4, -0.2) is 49.7 Å². The molecule has 0 spiro atoms. The fraction of sp³-hybridized carbons (Fsp3) is 0.462. The second-order valence-electron chi connectivity index (χ2n) is 4.21. The third-order valence-corrected chi connectivity index (χ3v) is 2.88. The lowest BCUT2D eigenvalue weighted by atomic mass is 10.1. The van der Waals surface area contributed by atoms with Crippen molar-refractivity contribution in [1.82, 2.24) is 4.90 Å². The average molecular weight is 267 g/mol. The molecule has 1 aromatic carbocycles. The number of carbonyl (C=O) groups excluding carboxylic acids is 1. The number of rotatable bonds is 4. The van der Waals surface area contributed by atoms with Crippen LogP contribution in [-0.2, 0) is 20.0 Å². The monoisotopic (exact) mass is 267 g/mol. The van der Waals surface area contributed by atoms with Crippen molar-refractivity contribution in [3.8, 4) is 0 Å². The van der Waals surface area contributed by atoms with E-state index in [0.29, 0.717) is 13.2 Å². The van der Waals surface area contributed by atoms with Crippen LogP contribution in [0.1, 0.15) is 5.56 Å². The number of amides is 1. The number of carbonyl (C=O) groups is 1. The summed E-state index contributed by atoms with van der Waals surface area (Å²) in [6.45, 7) is 0.434. The first-order valence-electron chi connectivity index (χ1n) is 6.00. The lowest BCUT2D eigenvalue weighted by Crippen LogP contribution is -2.37. The number of nitrogens with zero attached hydrogens (tertiary/aromatic N) is 1. The van der Waals surface area contributed by atoms with Crippen molar-refractivity contribution in [2.24, 2.45) is 0 Å². The zero-order valence-electron chi connectivity index (χ0n) is 10.7. The molecule has 1 aliphatic heterocycles. The van der Waals surface area contributed by atoms with Crippen LogP contribution in [0.4, 0.5) is 4.79 Å². The van der Waals surface area contributed by atoms with Gasteiger partial charge in [0, 0.05) is 12.6 Å². The zero-order valence-corrected chi connectivity index (χ0v) is 10.7. The number of aliphatic hydroxyl groups excluding tert-OH is 1. The Kier molecular flexibility index (Phi) is 4.36. The van der Waals surface area contributed by atoms with Gasteiger partial charge in [-0.2, -0.15) is 0 Å². The van der Waals surface area contributed by atoms with E-state index < -0.39 is 18.6 Å². The molecule has 0 bridgehead atoms. The Morgan fingerprint density at radius 2 is 2.00 bits per heavy atom. The molecule has 1 aliphatic rings. The molecule has 1 saturated heterocycles. The lowest BCUT2D eigenvalue weighted by molar-refractivity contribution is -0.192. The van der Waals surface area contributed by atoms with Crippen molar-refractivity contribution in [2.75, 3.05) is 33.6 Å². The molecule has 104 valence electrons. The Balaban J connectivity index is 2.07. The van der Waals surface area contributed by atoms with Gasteiger partial charge in [0.25, 0.3) is 0 Å². The van der Waals surface area contributed by atoms with Gasteiger partial charge in [-0.05, 0) is 0 Å². The SMILES string of the molecule is CN(CO)C(=O)OCC1(c2ccccc2)OCCO1. The van der Waals surface area contributed by atoms with Crippen LogP contribution in [0.25, 0.3) is 0 Å². The maximum Gasteiger partial charge on any atom is 0.411 e. The van der Waals surface area contributed by atoms with Crippen LogP contribution in [0.5, 0.6) is 0 Å². The van der Waals surface area contributed by atoms with Gasteiger partial charge < -0.3 is 19.3 Å². The Bertz CT molecular complexity index is 416. The number of hydrogen-bond donors (Lipinski definition) is 1. The number of benzene rings is 1. The van der Waals surface area contributed by atoms with Crippen molar-refractivity contribution >= 4 is 6.09 Å². The highest BCUT2D eigenvalue weighted by Gasteiger charge is 2.40. The maximum absolute atomic E-state index is 11.5. The predicted molar refractivity (Wildman–Crippen MR) is 66.2 cm³/mol. The van der Waals surface area contributed by atoms with Crippen molar-refractivity contribution in [1.29, 1.82) is 0 Å². The quantitative estimate of drug-likeness (QED) is 0.821. The summed E-state index contributed by atoms with van der Waals surface area (Å²) >= 11 is 0. The highest BCUT2D eigenvalue weighted by atomic mass is 16.8. The third kappa shape index (κ3) is 3.04. The Morgan fingerprint density at radius 1 is 1.37 bits per heavy atom. The molecular weight excluding hydrogens is 250 g/mol. The van der Waals surface area contributed by atoms with Gasteiger partial charge in [-0.25, -0.2) is 4.79 Å². The first kappa shape index (κ1) is 13.8. The molecule has 2 rings (SSSR count). The molecule has 0 aliphatic carbocycles. The van der Waals surface area contributed by atoms with E-state index in [1.54, 1.807) is 0 Å². The summed E-state index contributed by atoms with van der Waals surface area (Å²) in [6, 6.07) is 9.33. The molecule has 1 N–H and O–H groups in total. The minimum Gasteiger partial charge on any atom is -0.443 e. The van der Waals surface area contributed by atoms with Crippen LogP contribution >= 0.6 is 0 Å². The molecule has 6 nitrogen and oxygen atoms in total. The molecule has 0 atom stereocenters. The molecule has 1 fully saturated rings. The number of hydrogen-bond acceptors (Lipinski definition) is 5. The minimum absolute atomic E-state index is 0.0554. The summed E-state index contributed by atoms with van der Waals surface area (Å²) in [6.07, 6.45) is -0.628. The summed E-state index contributed by atoms with van der Waals surface area (Å²) in [5.74, 6) is -1.05. The molecule has 6 heteroatoms. The molecule has 0 saturated carbocycles. The molecule has 0 unspecified atom stereocenters. The van der Waals surface area contributed by atoms with Crippen molar-refractivity contribution in [3.63, 3.8) is 0 Å². The van der Waals surface area contributed by atoms with Crippen LogP contribution in [0, 0.1) is 0 Å². The summed E-state index contributed by atoms with van der Waals surface area (Å²) in [7, 11) is 1.44. The first-order valence-corrected chi connectivity index (χ1v) is 6.00. The van der Waals surface area contributed by atoms with E-state index in [1.807, 2.05) is 30.3 Å². The van der Waals surface area contributed by atoms with Gasteiger partial charge >= 0.3 is 6.09 Å². The minimum atomic E-state index is -1.05. The summed E-state index contributed by atoms with van der Waals surface area (Å²) in [5.41, 5.74) is 0.798. The maximum atomic E-state index is 11.5. The average Bonchev–Trinajstić information content (AvgIpc) is 2.95. The molecule has 1 aromatic rings. The predicted octanol–water partition coefficient (Wildman–Crippen LogP) is 0.904. The highest BCUT2D eigenvalue weighted by Crippen LogP contribution is 2.31. The largest absolute Gasteiger partial charge is 0.443 e. The van der Waals surface area contributed by atoms with Crippen LogP contribution in [0.2, 0.25) is 0 Å². The Morgan fingerprint density at radius 3 is 2.58 bits per heavy atom. The first-order chi connectivity index (χ1) is 9.18. The van der Waals surface area contributed by atoms with E-state index in [0.717, 1.165) is 10.5 Å². The van der Waals surface area contributed by atoms with E-state index in [2.05, 4.69) is 0 Å². The van der Waals surface area contributed by atoms with E-state index in [-0.39, 0.29) is 6.61 Å². The summed E-state index contributed by atoms with van der Waals surface area (Å²) in [4.78, 5) is 12.6. The van der Waals surface area contributed by atoms with Gasteiger partial charge in [0.05, 0.1) is 13.2 Å². The normalized spacial score (nSPS) is 17.2. The molecular formula is C13H17NO5. The van der Waals surface area contributed by atoms with E-state index in [9.17, 15) is 4.79 Å². The van der Waals surface area contributed by atoms with Crippen molar-refractivity contribution in [3.05, 3.63) is 35.9 Å². The van der Waals surface area contributed by atoms with Gasteiger partial charge in [0.2, 0.25) is 5.79 Å². The molecule has 0 radical (unpaired) electrons. The highest BCUT2D eigenvalue weighted by molar-refractivity contribution is 5.67. The second-order valence-corrected chi connectivity index (χ2v) is 4.21. The Hall–Kier alpha value is -1.63. The van der Waals surface area contributed by atoms with Crippen LogP contribution in [0.15, 0.2) is 30.3 Å².